The predicted molar refractivity (Wildman–Crippen MR) is 125 cm³/mol. The van der Waals surface area contributed by atoms with Gasteiger partial charge in [0.25, 0.3) is 0 Å². The number of ether oxygens (including phenoxy) is 1. The Morgan fingerprint density at radius 2 is 1.88 bits per heavy atom. The number of nitrogens with zero attached hydrogens (tertiary/aromatic N) is 6. The zero-order chi connectivity index (χ0) is 24.1. The van der Waals surface area contributed by atoms with E-state index in [1.165, 1.54) is 17.7 Å². The van der Waals surface area contributed by atoms with E-state index in [9.17, 15) is 12.8 Å². The number of aromatic nitrogens is 5. The minimum atomic E-state index is -3.48. The van der Waals surface area contributed by atoms with Crippen LogP contribution >= 0.6 is 0 Å². The molecule has 11 heteroatoms. The van der Waals surface area contributed by atoms with Crippen LogP contribution < -0.4 is 9.64 Å². The van der Waals surface area contributed by atoms with Gasteiger partial charge in [-0.15, -0.1) is 0 Å². The van der Waals surface area contributed by atoms with Crippen LogP contribution in [0.5, 0.6) is 5.75 Å². The Morgan fingerprint density at radius 3 is 2.53 bits per heavy atom. The van der Waals surface area contributed by atoms with Crippen LogP contribution in [0.1, 0.15) is 49.9 Å². The molecule has 182 valence electrons. The second-order valence-corrected chi connectivity index (χ2v) is 10.5. The lowest BCUT2D eigenvalue weighted by atomic mass is 10.1. The van der Waals surface area contributed by atoms with Crippen LogP contribution in [-0.2, 0) is 22.9 Å². The monoisotopic (exact) mass is 488 g/mol. The van der Waals surface area contributed by atoms with Crippen LogP contribution in [0.2, 0.25) is 0 Å². The van der Waals surface area contributed by atoms with Crippen LogP contribution in [0.25, 0.3) is 0 Å². The maximum Gasteiger partial charge on any atom is 0.225 e. The topological polar surface area (TPSA) is 103 Å². The fourth-order valence-electron chi connectivity index (χ4n) is 3.85. The molecule has 1 aliphatic heterocycles. The Kier molecular flexibility index (Phi) is 7.40. The molecule has 34 heavy (non-hydrogen) atoms. The summed E-state index contributed by atoms with van der Waals surface area (Å²) >= 11 is 0. The Bertz CT molecular complexity index is 1210. The van der Waals surface area contributed by atoms with E-state index in [0.717, 1.165) is 63.5 Å². The predicted octanol–water partition coefficient (Wildman–Crippen LogP) is 3.37. The van der Waals surface area contributed by atoms with Gasteiger partial charge in [0.1, 0.15) is 12.3 Å². The number of unbranched alkanes of at least 4 members (excludes halogenated alkanes) is 1. The largest absolute Gasteiger partial charge is 0.484 e. The van der Waals surface area contributed by atoms with Crippen LogP contribution in [0.4, 0.5) is 10.3 Å². The number of piperidine rings is 1. The number of sulfone groups is 1. The average Bonchev–Trinajstić information content (AvgIpc) is 3.31. The van der Waals surface area contributed by atoms with Gasteiger partial charge in [-0.05, 0) is 49.4 Å². The second kappa shape index (κ2) is 10.5. The Hall–Kier alpha value is -3.08. The fraction of sp³-hybridized carbons (Fsp3) is 0.478. The number of rotatable bonds is 9. The Balaban J connectivity index is 1.29. The molecule has 1 saturated heterocycles. The molecular formula is C23H29FN6O3S. The smallest absolute Gasteiger partial charge is 0.225 e. The van der Waals surface area contributed by atoms with Gasteiger partial charge in [-0.1, -0.05) is 13.3 Å². The summed E-state index contributed by atoms with van der Waals surface area (Å²) in [6, 6.07) is 3.74. The van der Waals surface area contributed by atoms with E-state index in [-0.39, 0.29) is 23.3 Å². The molecule has 0 atom stereocenters. The van der Waals surface area contributed by atoms with E-state index in [1.54, 1.807) is 11.0 Å². The van der Waals surface area contributed by atoms with Crippen molar-refractivity contribution in [3.63, 3.8) is 0 Å². The summed E-state index contributed by atoms with van der Waals surface area (Å²) in [7, 11) is -3.48. The molecule has 0 saturated carbocycles. The molecule has 0 amide bonds. The van der Waals surface area contributed by atoms with Crippen LogP contribution in [0.3, 0.4) is 0 Å². The summed E-state index contributed by atoms with van der Waals surface area (Å²) in [5.41, 5.74) is 1.74. The zero-order valence-corrected chi connectivity index (χ0v) is 20.2. The van der Waals surface area contributed by atoms with Crippen molar-refractivity contribution >= 4 is 15.8 Å². The molecule has 0 N–H and O–H groups in total. The van der Waals surface area contributed by atoms with Crippen molar-refractivity contribution in [3.05, 3.63) is 53.9 Å². The molecular weight excluding hydrogens is 459 g/mol. The molecule has 1 aliphatic rings. The molecule has 1 aromatic carbocycles. The van der Waals surface area contributed by atoms with Crippen molar-refractivity contribution in [1.82, 2.24) is 25.0 Å². The number of aryl methyl sites for hydroxylation is 1. The van der Waals surface area contributed by atoms with Crippen LogP contribution in [-0.4, -0.2) is 52.7 Å². The average molecular weight is 489 g/mol. The molecule has 0 radical (unpaired) electrons. The number of hydrogen-bond donors (Lipinski definition) is 0. The molecule has 0 unspecified atom stereocenters. The van der Waals surface area contributed by atoms with Crippen LogP contribution in [0.15, 0.2) is 41.7 Å². The molecule has 3 heterocycles. The molecule has 0 aliphatic carbocycles. The van der Waals surface area contributed by atoms with E-state index >= 15 is 0 Å². The standard InChI is InChI=1S/C23H29FN6O3S/c1-3-4-5-17-13-25-23(26-14-17)29-10-8-19(9-11-29)30-27-15-18(28-30)16-33-22-7-6-20(12-21(22)24)34(2,31)32/h6-7,12-15,19H,3-5,8-11,16H2,1-2H3. The molecule has 4 rings (SSSR count). The third kappa shape index (κ3) is 5.88. The zero-order valence-electron chi connectivity index (χ0n) is 19.4. The number of hydrogen-bond acceptors (Lipinski definition) is 8. The van der Waals surface area contributed by atoms with Gasteiger partial charge in [-0.3, -0.25) is 0 Å². The van der Waals surface area contributed by atoms with Crippen molar-refractivity contribution in [3.8, 4) is 5.75 Å². The lowest BCUT2D eigenvalue weighted by molar-refractivity contribution is 0.279. The first kappa shape index (κ1) is 24.1. The maximum atomic E-state index is 14.2. The van der Waals surface area contributed by atoms with Gasteiger partial charge in [0.2, 0.25) is 5.95 Å². The van der Waals surface area contributed by atoms with Gasteiger partial charge in [-0.25, -0.2) is 22.8 Å². The molecule has 0 spiro atoms. The minimum Gasteiger partial charge on any atom is -0.484 e. The quantitative estimate of drug-likeness (QED) is 0.452. The fourth-order valence-corrected chi connectivity index (χ4v) is 4.48. The minimum absolute atomic E-state index is 0.0315. The summed E-state index contributed by atoms with van der Waals surface area (Å²) in [4.78, 5) is 12.8. The third-order valence-corrected chi connectivity index (χ3v) is 6.96. The molecule has 2 aromatic heterocycles. The van der Waals surface area contributed by atoms with E-state index in [0.29, 0.717) is 5.69 Å². The van der Waals surface area contributed by atoms with E-state index < -0.39 is 15.7 Å². The lowest BCUT2D eigenvalue weighted by Crippen LogP contribution is -2.36. The molecule has 1 fully saturated rings. The summed E-state index contributed by atoms with van der Waals surface area (Å²) in [5, 5.41) is 8.85. The SMILES string of the molecule is CCCCc1cnc(N2CCC(n3ncc(COc4ccc(S(C)(=O)=O)cc4F)n3)CC2)nc1. The first-order valence-corrected chi connectivity index (χ1v) is 13.3. The first-order chi connectivity index (χ1) is 16.3. The molecule has 9 nitrogen and oxygen atoms in total. The van der Waals surface area contributed by atoms with Gasteiger partial charge in [0.15, 0.2) is 21.4 Å². The lowest BCUT2D eigenvalue weighted by Gasteiger charge is -2.31. The first-order valence-electron chi connectivity index (χ1n) is 11.4. The number of benzene rings is 1. The highest BCUT2D eigenvalue weighted by Crippen LogP contribution is 2.25. The summed E-state index contributed by atoms with van der Waals surface area (Å²) in [5.74, 6) is -0.00981. The highest BCUT2D eigenvalue weighted by atomic mass is 32.2. The highest BCUT2D eigenvalue weighted by Gasteiger charge is 2.24. The van der Waals surface area contributed by atoms with Gasteiger partial charge in [0, 0.05) is 31.7 Å². The van der Waals surface area contributed by atoms with Crippen molar-refractivity contribution < 1.29 is 17.5 Å². The molecule has 0 bridgehead atoms. The van der Waals surface area contributed by atoms with Crippen molar-refractivity contribution in [2.45, 2.75) is 56.6 Å². The summed E-state index contributed by atoms with van der Waals surface area (Å²) < 4.78 is 42.8. The van der Waals surface area contributed by atoms with Crippen molar-refractivity contribution in [1.29, 1.82) is 0 Å². The number of anilines is 1. The van der Waals surface area contributed by atoms with Gasteiger partial charge in [0.05, 0.1) is 17.1 Å². The van der Waals surface area contributed by atoms with Gasteiger partial charge < -0.3 is 9.64 Å². The summed E-state index contributed by atoms with van der Waals surface area (Å²) in [6.07, 6.45) is 11.5. The van der Waals surface area contributed by atoms with Gasteiger partial charge >= 0.3 is 0 Å². The van der Waals surface area contributed by atoms with Crippen molar-refractivity contribution in [2.75, 3.05) is 24.2 Å². The maximum absolute atomic E-state index is 14.2. The van der Waals surface area contributed by atoms with Crippen molar-refractivity contribution in [2.24, 2.45) is 0 Å². The van der Waals surface area contributed by atoms with E-state index in [4.69, 9.17) is 4.74 Å². The van der Waals surface area contributed by atoms with Gasteiger partial charge in [-0.2, -0.15) is 15.0 Å². The van der Waals surface area contributed by atoms with Crippen LogP contribution in [0, 0.1) is 5.82 Å². The van der Waals surface area contributed by atoms with E-state index in [2.05, 4.69) is 32.0 Å². The Morgan fingerprint density at radius 1 is 1.15 bits per heavy atom. The number of halogens is 1. The normalized spacial score (nSPS) is 15.0. The highest BCUT2D eigenvalue weighted by molar-refractivity contribution is 7.90. The Labute approximate surface area is 198 Å². The summed E-state index contributed by atoms with van der Waals surface area (Å²) in [6.45, 7) is 3.82. The molecule has 3 aromatic rings. The second-order valence-electron chi connectivity index (χ2n) is 8.52. The third-order valence-electron chi connectivity index (χ3n) is 5.85. The van der Waals surface area contributed by atoms with E-state index in [1.807, 2.05) is 12.4 Å².